The maximum atomic E-state index is 11.8. The molecule has 3 N–H and O–H groups in total. The highest BCUT2D eigenvalue weighted by Crippen LogP contribution is 2.15. The number of carbonyl (C=O) groups excluding carboxylic acids is 1. The number of hydrogen-bond donors (Lipinski definition) is 2. The SMILES string of the molecule is Cl.N[C@H]1CCN(C(=O)[C@H]2CSCN2)C1. The Labute approximate surface area is 94.4 Å². The van der Waals surface area contributed by atoms with Crippen molar-refractivity contribution < 1.29 is 4.79 Å². The molecular formula is C8H16ClN3OS. The monoisotopic (exact) mass is 237 g/mol. The zero-order valence-electron chi connectivity index (χ0n) is 7.94. The third kappa shape index (κ3) is 2.53. The normalized spacial score (nSPS) is 31.6. The molecule has 0 aromatic carbocycles. The molecule has 0 spiro atoms. The lowest BCUT2D eigenvalue weighted by atomic mass is 10.3. The molecule has 82 valence electrons. The van der Waals surface area contributed by atoms with Crippen LogP contribution in [0.2, 0.25) is 0 Å². The van der Waals surface area contributed by atoms with Crippen molar-refractivity contribution in [2.45, 2.75) is 18.5 Å². The van der Waals surface area contributed by atoms with Crippen LogP contribution in [0.15, 0.2) is 0 Å². The van der Waals surface area contributed by atoms with E-state index in [-0.39, 0.29) is 30.4 Å². The number of likely N-dealkylation sites (tertiary alicyclic amines) is 1. The van der Waals surface area contributed by atoms with E-state index in [0.29, 0.717) is 0 Å². The van der Waals surface area contributed by atoms with Crippen molar-refractivity contribution >= 4 is 30.1 Å². The van der Waals surface area contributed by atoms with Crippen molar-refractivity contribution in [2.75, 3.05) is 24.7 Å². The summed E-state index contributed by atoms with van der Waals surface area (Å²) in [6.45, 7) is 1.57. The number of nitrogens with two attached hydrogens (primary N) is 1. The largest absolute Gasteiger partial charge is 0.340 e. The van der Waals surface area contributed by atoms with Crippen molar-refractivity contribution in [2.24, 2.45) is 5.73 Å². The number of carbonyl (C=O) groups is 1. The van der Waals surface area contributed by atoms with E-state index in [0.717, 1.165) is 31.1 Å². The second-order valence-electron chi connectivity index (χ2n) is 3.60. The summed E-state index contributed by atoms with van der Waals surface area (Å²) in [6, 6.07) is 0.230. The van der Waals surface area contributed by atoms with Gasteiger partial charge in [0.25, 0.3) is 0 Å². The van der Waals surface area contributed by atoms with Gasteiger partial charge in [0, 0.05) is 30.8 Å². The van der Waals surface area contributed by atoms with Gasteiger partial charge in [-0.3, -0.25) is 10.1 Å². The highest BCUT2D eigenvalue weighted by molar-refractivity contribution is 7.99. The first-order chi connectivity index (χ1) is 6.27. The molecule has 2 aliphatic rings. The number of hydrogen-bond acceptors (Lipinski definition) is 4. The van der Waals surface area contributed by atoms with Crippen LogP contribution < -0.4 is 11.1 Å². The van der Waals surface area contributed by atoms with Gasteiger partial charge in [0.2, 0.25) is 5.91 Å². The average molecular weight is 238 g/mol. The maximum absolute atomic E-state index is 11.8. The van der Waals surface area contributed by atoms with Crippen LogP contribution in [0.1, 0.15) is 6.42 Å². The van der Waals surface area contributed by atoms with Crippen LogP contribution in [0, 0.1) is 0 Å². The number of nitrogens with zero attached hydrogens (tertiary/aromatic N) is 1. The molecule has 2 saturated heterocycles. The van der Waals surface area contributed by atoms with E-state index in [2.05, 4.69) is 5.32 Å². The van der Waals surface area contributed by atoms with E-state index in [1.807, 2.05) is 4.90 Å². The van der Waals surface area contributed by atoms with Crippen molar-refractivity contribution in [1.82, 2.24) is 10.2 Å². The first-order valence-corrected chi connectivity index (χ1v) is 5.78. The molecule has 0 radical (unpaired) electrons. The van der Waals surface area contributed by atoms with Gasteiger partial charge in [-0.15, -0.1) is 24.2 Å². The molecule has 2 fully saturated rings. The lowest BCUT2D eigenvalue weighted by Crippen LogP contribution is -2.44. The Bertz CT molecular complexity index is 211. The summed E-state index contributed by atoms with van der Waals surface area (Å²) >= 11 is 1.78. The molecule has 2 atom stereocenters. The maximum Gasteiger partial charge on any atom is 0.240 e. The second kappa shape index (κ2) is 5.21. The molecular weight excluding hydrogens is 222 g/mol. The Morgan fingerprint density at radius 2 is 2.36 bits per heavy atom. The molecule has 0 unspecified atom stereocenters. The van der Waals surface area contributed by atoms with Crippen LogP contribution in [0.4, 0.5) is 0 Å². The minimum Gasteiger partial charge on any atom is -0.340 e. The van der Waals surface area contributed by atoms with Crippen LogP contribution in [0.3, 0.4) is 0 Å². The molecule has 14 heavy (non-hydrogen) atoms. The van der Waals surface area contributed by atoms with E-state index in [1.165, 1.54) is 0 Å². The fourth-order valence-electron chi connectivity index (χ4n) is 1.76. The first kappa shape index (κ1) is 12.1. The van der Waals surface area contributed by atoms with Crippen LogP contribution in [0.5, 0.6) is 0 Å². The van der Waals surface area contributed by atoms with Gasteiger partial charge in [-0.05, 0) is 6.42 Å². The minimum atomic E-state index is 0. The van der Waals surface area contributed by atoms with Crippen molar-refractivity contribution in [3.63, 3.8) is 0 Å². The molecule has 2 heterocycles. The van der Waals surface area contributed by atoms with Gasteiger partial charge >= 0.3 is 0 Å². The Hall–Kier alpha value is 0.0300. The molecule has 0 aromatic heterocycles. The predicted octanol–water partition coefficient (Wildman–Crippen LogP) is -0.370. The second-order valence-corrected chi connectivity index (χ2v) is 4.64. The fourth-order valence-corrected chi connectivity index (χ4v) is 2.69. The molecule has 0 aromatic rings. The first-order valence-electron chi connectivity index (χ1n) is 4.63. The molecule has 1 amide bonds. The number of amides is 1. The topological polar surface area (TPSA) is 58.4 Å². The van der Waals surface area contributed by atoms with Gasteiger partial charge in [-0.2, -0.15) is 0 Å². The Morgan fingerprint density at radius 3 is 2.86 bits per heavy atom. The Morgan fingerprint density at radius 1 is 1.57 bits per heavy atom. The van der Waals surface area contributed by atoms with Crippen LogP contribution in [0.25, 0.3) is 0 Å². The van der Waals surface area contributed by atoms with Gasteiger partial charge < -0.3 is 10.6 Å². The van der Waals surface area contributed by atoms with Crippen molar-refractivity contribution in [3.8, 4) is 0 Å². The standard InChI is InChI=1S/C8H15N3OS.ClH/c9-6-1-2-11(3-6)8(12)7-4-13-5-10-7;/h6-7,10H,1-5,9H2;1H/t6-,7+;/m0./s1. The third-order valence-corrected chi connectivity index (χ3v) is 3.49. The minimum absolute atomic E-state index is 0. The van der Waals surface area contributed by atoms with Gasteiger partial charge in [-0.25, -0.2) is 0 Å². The average Bonchev–Trinajstić information content (AvgIpc) is 2.72. The summed E-state index contributed by atoms with van der Waals surface area (Å²) in [6.07, 6.45) is 0.950. The van der Waals surface area contributed by atoms with Crippen LogP contribution in [-0.2, 0) is 4.79 Å². The van der Waals surface area contributed by atoms with Crippen LogP contribution >= 0.6 is 24.2 Å². The van der Waals surface area contributed by atoms with Gasteiger partial charge in [0.15, 0.2) is 0 Å². The smallest absolute Gasteiger partial charge is 0.240 e. The summed E-state index contributed by atoms with van der Waals surface area (Å²) < 4.78 is 0. The number of thioether (sulfide) groups is 1. The van der Waals surface area contributed by atoms with Crippen molar-refractivity contribution in [1.29, 1.82) is 0 Å². The summed E-state index contributed by atoms with van der Waals surface area (Å²) in [5.41, 5.74) is 5.74. The lowest BCUT2D eigenvalue weighted by molar-refractivity contribution is -0.131. The summed E-state index contributed by atoms with van der Waals surface area (Å²) in [5.74, 6) is 2.04. The zero-order chi connectivity index (χ0) is 9.26. The van der Waals surface area contributed by atoms with E-state index in [4.69, 9.17) is 5.73 Å². The molecule has 6 heteroatoms. The van der Waals surface area contributed by atoms with Crippen molar-refractivity contribution in [3.05, 3.63) is 0 Å². The number of nitrogens with one attached hydrogen (secondary N) is 1. The van der Waals surface area contributed by atoms with E-state index < -0.39 is 0 Å². The zero-order valence-corrected chi connectivity index (χ0v) is 9.57. The lowest BCUT2D eigenvalue weighted by Gasteiger charge is -2.19. The molecule has 2 aliphatic heterocycles. The molecule has 4 nitrogen and oxygen atoms in total. The Balaban J connectivity index is 0.000000980. The van der Waals surface area contributed by atoms with Gasteiger partial charge in [0.1, 0.15) is 0 Å². The Kier molecular flexibility index (Phi) is 4.50. The molecule has 0 saturated carbocycles. The van der Waals surface area contributed by atoms with E-state index in [1.54, 1.807) is 11.8 Å². The molecule has 2 rings (SSSR count). The van der Waals surface area contributed by atoms with E-state index in [9.17, 15) is 4.79 Å². The summed E-state index contributed by atoms with van der Waals surface area (Å²) in [4.78, 5) is 13.7. The summed E-state index contributed by atoms with van der Waals surface area (Å²) in [7, 11) is 0. The highest BCUT2D eigenvalue weighted by Gasteiger charge is 2.30. The fraction of sp³-hybridized carbons (Fsp3) is 0.875. The van der Waals surface area contributed by atoms with Crippen LogP contribution in [-0.4, -0.2) is 47.6 Å². The van der Waals surface area contributed by atoms with Gasteiger partial charge in [-0.1, -0.05) is 0 Å². The molecule has 0 bridgehead atoms. The van der Waals surface area contributed by atoms with Gasteiger partial charge in [0.05, 0.1) is 6.04 Å². The molecule has 0 aliphatic carbocycles. The number of rotatable bonds is 1. The summed E-state index contributed by atoms with van der Waals surface area (Å²) in [5, 5.41) is 3.18. The number of halogens is 1. The predicted molar refractivity (Wildman–Crippen MR) is 60.7 cm³/mol. The quantitative estimate of drug-likeness (QED) is 0.654. The highest BCUT2D eigenvalue weighted by atomic mass is 35.5. The third-order valence-electron chi connectivity index (χ3n) is 2.55. The van der Waals surface area contributed by atoms with E-state index >= 15 is 0 Å².